The van der Waals surface area contributed by atoms with Gasteiger partial charge in [-0.2, -0.15) is 0 Å². The number of benzene rings is 2. The molecule has 0 spiro atoms. The molecule has 2 aromatic rings. The summed E-state index contributed by atoms with van der Waals surface area (Å²) < 4.78 is 12.5. The molecule has 0 radical (unpaired) electrons. The van der Waals surface area contributed by atoms with Crippen LogP contribution in [0.25, 0.3) is 10.8 Å². The molecule has 0 atom stereocenters. The summed E-state index contributed by atoms with van der Waals surface area (Å²) in [5, 5.41) is 1.56. The monoisotopic (exact) mass is 494 g/mol. The molecule has 4 nitrogen and oxygen atoms in total. The van der Waals surface area contributed by atoms with Crippen molar-refractivity contribution in [2.45, 2.75) is 78.8 Å². The molecule has 6 heteroatoms. The summed E-state index contributed by atoms with van der Waals surface area (Å²) in [5.41, 5.74) is 23.0. The lowest BCUT2D eigenvalue weighted by atomic mass is 9.97. The predicted octanol–water partition coefficient (Wildman–Crippen LogP) is 6.82. The van der Waals surface area contributed by atoms with E-state index in [9.17, 15) is 0 Å². The Kier molecular flexibility index (Phi) is 9.56. The summed E-state index contributed by atoms with van der Waals surface area (Å²) in [6.07, 6.45) is 4.00. The molecule has 0 aromatic heterocycles. The van der Waals surface area contributed by atoms with Crippen LogP contribution in [0.5, 0.6) is 11.5 Å². The number of ether oxygens (including phenoxy) is 2. The first-order valence-corrected chi connectivity index (χ1v) is 19.4. The van der Waals surface area contributed by atoms with Crippen LogP contribution < -0.4 is 20.9 Å². The molecule has 0 saturated carbocycles. The topological polar surface area (TPSA) is 70.5 Å². The molecule has 0 amide bonds. The van der Waals surface area contributed by atoms with Crippen LogP contribution in [0, 0.1) is 22.9 Å². The fourth-order valence-corrected chi connectivity index (χ4v) is 4.23. The summed E-state index contributed by atoms with van der Waals surface area (Å²) >= 11 is 0. The number of nitrogens with two attached hydrogens (primary N) is 2. The van der Waals surface area contributed by atoms with Gasteiger partial charge in [0.25, 0.3) is 0 Å². The molecule has 0 aliphatic heterocycles. The van der Waals surface area contributed by atoms with Crippen LogP contribution in [0.3, 0.4) is 0 Å². The van der Waals surface area contributed by atoms with Crippen molar-refractivity contribution >= 4 is 38.3 Å². The van der Waals surface area contributed by atoms with Gasteiger partial charge in [-0.15, -0.1) is 11.1 Å². The molecule has 2 aromatic carbocycles. The highest BCUT2D eigenvalue weighted by atomic mass is 28.3. The van der Waals surface area contributed by atoms with E-state index in [2.05, 4.69) is 76.1 Å². The zero-order valence-electron chi connectivity index (χ0n) is 22.4. The van der Waals surface area contributed by atoms with Crippen LogP contribution in [0.15, 0.2) is 12.1 Å². The first-order valence-electron chi connectivity index (χ1n) is 12.4. The molecule has 0 fully saturated rings. The van der Waals surface area contributed by atoms with E-state index in [1.165, 1.54) is 0 Å². The van der Waals surface area contributed by atoms with E-state index in [-0.39, 0.29) is 0 Å². The third kappa shape index (κ3) is 7.75. The Morgan fingerprint density at radius 3 is 1.32 bits per heavy atom. The Bertz CT molecular complexity index is 1050. The Morgan fingerprint density at radius 2 is 1.03 bits per heavy atom. The van der Waals surface area contributed by atoms with Crippen molar-refractivity contribution in [1.29, 1.82) is 0 Å². The van der Waals surface area contributed by atoms with Gasteiger partial charge in [-0.05, 0) is 25.0 Å². The average molecular weight is 495 g/mol. The Labute approximate surface area is 208 Å². The van der Waals surface area contributed by atoms with Crippen molar-refractivity contribution < 1.29 is 9.47 Å². The van der Waals surface area contributed by atoms with Crippen molar-refractivity contribution in [1.82, 2.24) is 0 Å². The maximum atomic E-state index is 6.73. The molecule has 4 N–H and O–H groups in total. The third-order valence-corrected chi connectivity index (χ3v) is 6.82. The van der Waals surface area contributed by atoms with Crippen molar-refractivity contribution in [2.24, 2.45) is 0 Å². The molecule has 184 valence electrons. The fourth-order valence-electron chi connectivity index (χ4n) is 3.21. The molecular weight excluding hydrogens is 452 g/mol. The minimum absolute atomic E-state index is 0.589. The van der Waals surface area contributed by atoms with E-state index in [0.29, 0.717) is 36.1 Å². The molecule has 0 aliphatic carbocycles. The summed E-state index contributed by atoms with van der Waals surface area (Å²) in [5.74, 6) is 8.08. The molecule has 0 bridgehead atoms. The van der Waals surface area contributed by atoms with Gasteiger partial charge in [0, 0.05) is 0 Å². The third-order valence-electron chi connectivity index (χ3n) is 5.07. The lowest BCUT2D eigenvalue weighted by Gasteiger charge is -2.19. The maximum absolute atomic E-state index is 6.73. The molecule has 0 unspecified atom stereocenters. The van der Waals surface area contributed by atoms with E-state index in [0.717, 1.165) is 47.6 Å². The molecule has 34 heavy (non-hydrogen) atoms. The number of hydrogen-bond acceptors (Lipinski definition) is 4. The van der Waals surface area contributed by atoms with Gasteiger partial charge in [0.1, 0.15) is 27.6 Å². The molecular formula is C28H42N2O2Si2. The highest BCUT2D eigenvalue weighted by Gasteiger charge is 2.21. The number of unbranched alkanes of at least 4 members (excludes halogenated alkanes) is 2. The Hall–Kier alpha value is -2.55. The summed E-state index contributed by atoms with van der Waals surface area (Å²) in [4.78, 5) is 0. The maximum Gasteiger partial charge on any atom is 0.130 e. The van der Waals surface area contributed by atoms with E-state index in [4.69, 9.17) is 20.9 Å². The molecule has 0 heterocycles. The van der Waals surface area contributed by atoms with E-state index in [1.807, 2.05) is 12.1 Å². The second kappa shape index (κ2) is 11.7. The van der Waals surface area contributed by atoms with Crippen LogP contribution >= 0.6 is 0 Å². The van der Waals surface area contributed by atoms with Gasteiger partial charge in [-0.1, -0.05) is 77.8 Å². The predicted molar refractivity (Wildman–Crippen MR) is 154 cm³/mol. The van der Waals surface area contributed by atoms with Gasteiger partial charge in [-0.25, -0.2) is 0 Å². The zero-order valence-corrected chi connectivity index (χ0v) is 24.4. The Balaban J connectivity index is 2.90. The SMILES string of the molecule is CCCCOc1cc(C#C[Si](C)(C)C)c(N)c2c(OCCCC)cc(C#C[Si](C)(C)C)c(N)c12. The normalized spacial score (nSPS) is 11.4. The zero-order chi connectivity index (χ0) is 25.5. The van der Waals surface area contributed by atoms with Crippen molar-refractivity contribution in [3.8, 4) is 34.4 Å². The minimum Gasteiger partial charge on any atom is -0.493 e. The summed E-state index contributed by atoms with van der Waals surface area (Å²) in [6.45, 7) is 18.8. The minimum atomic E-state index is -1.59. The summed E-state index contributed by atoms with van der Waals surface area (Å²) in [6, 6.07) is 3.89. The quantitative estimate of drug-likeness (QED) is 0.183. The van der Waals surface area contributed by atoms with Crippen LogP contribution in [-0.4, -0.2) is 29.4 Å². The second-order valence-electron chi connectivity index (χ2n) is 10.8. The fraction of sp³-hybridized carbons (Fsp3) is 0.500. The van der Waals surface area contributed by atoms with Crippen LogP contribution in [0.2, 0.25) is 39.3 Å². The van der Waals surface area contributed by atoms with Gasteiger partial charge in [-0.3, -0.25) is 0 Å². The highest BCUT2D eigenvalue weighted by Crippen LogP contribution is 2.44. The molecule has 0 aliphatic rings. The smallest absolute Gasteiger partial charge is 0.130 e. The van der Waals surface area contributed by atoms with Gasteiger partial charge < -0.3 is 20.9 Å². The van der Waals surface area contributed by atoms with Gasteiger partial charge in [0.2, 0.25) is 0 Å². The van der Waals surface area contributed by atoms with Crippen LogP contribution in [-0.2, 0) is 0 Å². The van der Waals surface area contributed by atoms with E-state index >= 15 is 0 Å². The second-order valence-corrected chi connectivity index (χ2v) is 20.3. The first kappa shape index (κ1) is 27.7. The average Bonchev–Trinajstić information content (AvgIpc) is 2.73. The number of fused-ring (bicyclic) bond motifs is 1. The lowest BCUT2D eigenvalue weighted by molar-refractivity contribution is 0.310. The number of nitrogen functional groups attached to an aromatic ring is 2. The van der Waals surface area contributed by atoms with Gasteiger partial charge in [0.15, 0.2) is 0 Å². The van der Waals surface area contributed by atoms with E-state index in [1.54, 1.807) is 0 Å². The van der Waals surface area contributed by atoms with Gasteiger partial charge >= 0.3 is 0 Å². The van der Waals surface area contributed by atoms with Crippen LogP contribution in [0.1, 0.15) is 50.7 Å². The lowest BCUT2D eigenvalue weighted by Crippen LogP contribution is -2.16. The summed E-state index contributed by atoms with van der Waals surface area (Å²) in [7, 11) is -3.19. The Morgan fingerprint density at radius 1 is 0.676 bits per heavy atom. The van der Waals surface area contributed by atoms with Crippen molar-refractivity contribution in [2.75, 3.05) is 24.7 Å². The van der Waals surface area contributed by atoms with Crippen molar-refractivity contribution in [3.63, 3.8) is 0 Å². The molecule has 2 rings (SSSR count). The van der Waals surface area contributed by atoms with Gasteiger partial charge in [0.05, 0.1) is 46.5 Å². The highest BCUT2D eigenvalue weighted by molar-refractivity contribution is 6.84. The standard InChI is InChI=1S/C28H42N2O2Si2/c1-9-11-15-31-23-19-21(13-17-33(3,4)5)28(30)26-24(32-16-12-10-2)20-22(27(29)25(23)26)14-18-34(6,7)8/h19-20H,9-12,15-16,29-30H2,1-8H3. The van der Waals surface area contributed by atoms with Crippen LogP contribution in [0.4, 0.5) is 11.4 Å². The van der Waals surface area contributed by atoms with E-state index < -0.39 is 16.1 Å². The number of hydrogen-bond donors (Lipinski definition) is 2. The molecule has 0 saturated heterocycles. The number of rotatable bonds is 8. The van der Waals surface area contributed by atoms with Crippen molar-refractivity contribution in [3.05, 3.63) is 23.3 Å². The largest absolute Gasteiger partial charge is 0.493 e. The first-order chi connectivity index (χ1) is 15.9. The number of anilines is 2.